The molecule has 1 saturated heterocycles. The number of carbonyl (C=O) groups excluding carboxylic acids is 1. The standard InChI is InChI=1S/C17H29NO4/c1-2-14(10-13-6-4-3-5-7-13)17(21)18-8-9-22-15(12-18)11-16(19)20/h13-15H,2-12H2,1H3,(H,19,20). The Morgan fingerprint density at radius 2 is 2.00 bits per heavy atom. The van der Waals surface area contributed by atoms with E-state index in [4.69, 9.17) is 9.84 Å². The number of aliphatic carboxylic acids is 1. The summed E-state index contributed by atoms with van der Waals surface area (Å²) in [5.74, 6) is 0.116. The summed E-state index contributed by atoms with van der Waals surface area (Å²) in [5, 5.41) is 8.88. The van der Waals surface area contributed by atoms with E-state index in [1.54, 1.807) is 0 Å². The Hall–Kier alpha value is -1.10. The molecule has 0 bridgehead atoms. The average molecular weight is 311 g/mol. The Kier molecular flexibility index (Phi) is 6.68. The fourth-order valence-electron chi connectivity index (χ4n) is 3.76. The van der Waals surface area contributed by atoms with Gasteiger partial charge in [-0.2, -0.15) is 0 Å². The highest BCUT2D eigenvalue weighted by Gasteiger charge is 2.31. The van der Waals surface area contributed by atoms with Crippen LogP contribution in [-0.4, -0.2) is 47.7 Å². The van der Waals surface area contributed by atoms with Crippen molar-refractivity contribution in [2.75, 3.05) is 19.7 Å². The predicted octanol–water partition coefficient (Wildman–Crippen LogP) is 2.69. The van der Waals surface area contributed by atoms with Gasteiger partial charge in [-0.1, -0.05) is 39.0 Å². The fourth-order valence-corrected chi connectivity index (χ4v) is 3.76. The molecule has 1 saturated carbocycles. The third-order valence-electron chi connectivity index (χ3n) is 5.04. The first-order chi connectivity index (χ1) is 10.6. The van der Waals surface area contributed by atoms with E-state index in [1.165, 1.54) is 32.1 Å². The highest BCUT2D eigenvalue weighted by Crippen LogP contribution is 2.31. The highest BCUT2D eigenvalue weighted by atomic mass is 16.5. The maximum atomic E-state index is 12.8. The van der Waals surface area contributed by atoms with Gasteiger partial charge in [-0.3, -0.25) is 9.59 Å². The van der Waals surface area contributed by atoms with Crippen molar-refractivity contribution in [2.24, 2.45) is 11.8 Å². The Morgan fingerprint density at radius 3 is 2.64 bits per heavy atom. The monoisotopic (exact) mass is 311 g/mol. The van der Waals surface area contributed by atoms with Crippen LogP contribution in [0.25, 0.3) is 0 Å². The molecular weight excluding hydrogens is 282 g/mol. The minimum atomic E-state index is -0.867. The van der Waals surface area contributed by atoms with Crippen molar-refractivity contribution < 1.29 is 19.4 Å². The molecule has 22 heavy (non-hydrogen) atoms. The van der Waals surface area contributed by atoms with E-state index < -0.39 is 5.97 Å². The zero-order valence-electron chi connectivity index (χ0n) is 13.6. The zero-order chi connectivity index (χ0) is 15.9. The second-order valence-corrected chi connectivity index (χ2v) is 6.72. The summed E-state index contributed by atoms with van der Waals surface area (Å²) in [4.78, 5) is 25.4. The largest absolute Gasteiger partial charge is 0.481 e. The van der Waals surface area contributed by atoms with Gasteiger partial charge in [0.05, 0.1) is 19.1 Å². The molecule has 2 fully saturated rings. The number of ether oxygens (including phenoxy) is 1. The van der Waals surface area contributed by atoms with Crippen LogP contribution in [0.5, 0.6) is 0 Å². The Labute approximate surface area is 133 Å². The first-order valence-corrected chi connectivity index (χ1v) is 8.72. The van der Waals surface area contributed by atoms with Crippen LogP contribution in [0.15, 0.2) is 0 Å². The smallest absolute Gasteiger partial charge is 0.306 e. The molecule has 5 heteroatoms. The Bertz CT molecular complexity index is 379. The number of carboxylic acids is 1. The van der Waals surface area contributed by atoms with Gasteiger partial charge in [-0.25, -0.2) is 0 Å². The van der Waals surface area contributed by atoms with Crippen LogP contribution in [0, 0.1) is 11.8 Å². The summed E-state index contributed by atoms with van der Waals surface area (Å²) >= 11 is 0. The predicted molar refractivity (Wildman–Crippen MR) is 83.5 cm³/mol. The second kappa shape index (κ2) is 8.51. The van der Waals surface area contributed by atoms with Crippen LogP contribution in [-0.2, 0) is 14.3 Å². The Morgan fingerprint density at radius 1 is 1.27 bits per heavy atom. The molecule has 1 N–H and O–H groups in total. The summed E-state index contributed by atoms with van der Waals surface area (Å²) in [6.45, 7) is 3.55. The molecule has 0 aromatic heterocycles. The molecule has 2 atom stereocenters. The van der Waals surface area contributed by atoms with Gasteiger partial charge >= 0.3 is 5.97 Å². The van der Waals surface area contributed by atoms with Gasteiger partial charge in [0.1, 0.15) is 0 Å². The molecule has 1 aliphatic heterocycles. The average Bonchev–Trinajstić information content (AvgIpc) is 2.52. The van der Waals surface area contributed by atoms with Crippen molar-refractivity contribution in [1.82, 2.24) is 4.90 Å². The summed E-state index contributed by atoms with van der Waals surface area (Å²) in [6.07, 6.45) is 7.93. The van der Waals surface area contributed by atoms with E-state index in [9.17, 15) is 9.59 Å². The van der Waals surface area contributed by atoms with Crippen LogP contribution in [0.1, 0.15) is 58.3 Å². The lowest BCUT2D eigenvalue weighted by Crippen LogP contribution is -2.48. The van der Waals surface area contributed by atoms with E-state index in [-0.39, 0.29) is 24.3 Å². The molecule has 0 aromatic carbocycles. The summed E-state index contributed by atoms with van der Waals surface area (Å²) in [7, 11) is 0. The topological polar surface area (TPSA) is 66.8 Å². The van der Waals surface area contributed by atoms with Crippen molar-refractivity contribution in [1.29, 1.82) is 0 Å². The molecule has 0 spiro atoms. The van der Waals surface area contributed by atoms with E-state index in [2.05, 4.69) is 6.92 Å². The molecule has 2 rings (SSSR count). The SMILES string of the molecule is CCC(CC1CCCCC1)C(=O)N1CCOC(CC(=O)O)C1. The van der Waals surface area contributed by atoms with Gasteiger partial charge in [-0.15, -0.1) is 0 Å². The zero-order valence-corrected chi connectivity index (χ0v) is 13.6. The van der Waals surface area contributed by atoms with Crippen molar-refractivity contribution in [3.8, 4) is 0 Å². The van der Waals surface area contributed by atoms with Crippen molar-refractivity contribution in [3.05, 3.63) is 0 Å². The molecule has 2 aliphatic rings. The van der Waals surface area contributed by atoms with Crippen molar-refractivity contribution in [2.45, 2.75) is 64.4 Å². The number of rotatable bonds is 6. The number of carbonyl (C=O) groups is 2. The minimum absolute atomic E-state index is 0.0246. The summed E-state index contributed by atoms with van der Waals surface area (Å²) < 4.78 is 5.46. The number of hydrogen-bond donors (Lipinski definition) is 1. The molecule has 5 nitrogen and oxygen atoms in total. The highest BCUT2D eigenvalue weighted by molar-refractivity contribution is 5.79. The van der Waals surface area contributed by atoms with Gasteiger partial charge in [0.15, 0.2) is 0 Å². The minimum Gasteiger partial charge on any atom is -0.481 e. The molecule has 0 radical (unpaired) electrons. The number of morpholine rings is 1. The molecule has 1 aliphatic carbocycles. The summed E-state index contributed by atoms with van der Waals surface area (Å²) in [5.41, 5.74) is 0. The number of nitrogens with zero attached hydrogens (tertiary/aromatic N) is 1. The van der Waals surface area contributed by atoms with Crippen molar-refractivity contribution in [3.63, 3.8) is 0 Å². The second-order valence-electron chi connectivity index (χ2n) is 6.72. The third-order valence-corrected chi connectivity index (χ3v) is 5.04. The quantitative estimate of drug-likeness (QED) is 0.819. The number of amides is 1. The molecular formula is C17H29NO4. The summed E-state index contributed by atoms with van der Waals surface area (Å²) in [6, 6.07) is 0. The third kappa shape index (κ3) is 4.97. The first-order valence-electron chi connectivity index (χ1n) is 8.72. The maximum absolute atomic E-state index is 12.8. The normalized spacial score (nSPS) is 25.0. The van der Waals surface area contributed by atoms with E-state index in [0.717, 1.165) is 12.8 Å². The maximum Gasteiger partial charge on any atom is 0.306 e. The molecule has 0 aromatic rings. The van der Waals surface area contributed by atoms with Crippen LogP contribution in [0.3, 0.4) is 0 Å². The Balaban J connectivity index is 1.87. The van der Waals surface area contributed by atoms with E-state index >= 15 is 0 Å². The van der Waals surface area contributed by atoms with Crippen molar-refractivity contribution >= 4 is 11.9 Å². The molecule has 1 heterocycles. The van der Waals surface area contributed by atoms with Gasteiger partial charge in [-0.05, 0) is 18.8 Å². The lowest BCUT2D eigenvalue weighted by molar-refractivity contribution is -0.150. The van der Waals surface area contributed by atoms with Gasteiger partial charge in [0.2, 0.25) is 5.91 Å². The molecule has 1 amide bonds. The van der Waals surface area contributed by atoms with Gasteiger partial charge in [0, 0.05) is 19.0 Å². The van der Waals surface area contributed by atoms with Gasteiger partial charge < -0.3 is 14.7 Å². The van der Waals surface area contributed by atoms with Crippen LogP contribution < -0.4 is 0 Å². The fraction of sp³-hybridized carbons (Fsp3) is 0.882. The van der Waals surface area contributed by atoms with E-state index in [0.29, 0.717) is 25.6 Å². The molecule has 126 valence electrons. The number of carboxylic acid groups (broad SMARTS) is 1. The lowest BCUT2D eigenvalue weighted by Gasteiger charge is -2.35. The molecule has 2 unspecified atom stereocenters. The van der Waals surface area contributed by atoms with Crippen LogP contribution in [0.2, 0.25) is 0 Å². The lowest BCUT2D eigenvalue weighted by atomic mass is 9.81. The van der Waals surface area contributed by atoms with Crippen LogP contribution >= 0.6 is 0 Å². The first kappa shape index (κ1) is 17.3. The van der Waals surface area contributed by atoms with E-state index in [1.807, 2.05) is 4.90 Å². The van der Waals surface area contributed by atoms with Gasteiger partial charge in [0.25, 0.3) is 0 Å². The van der Waals surface area contributed by atoms with Crippen LogP contribution in [0.4, 0.5) is 0 Å². The number of hydrogen-bond acceptors (Lipinski definition) is 3.